The van der Waals surface area contributed by atoms with Crippen LogP contribution in [-0.4, -0.2) is 23.3 Å². The average molecular weight is 386 g/mol. The number of nitro groups is 1. The average Bonchev–Trinajstić information content (AvgIpc) is 2.90. The van der Waals surface area contributed by atoms with E-state index in [1.807, 2.05) is 6.92 Å². The normalized spacial score (nSPS) is 14.1. The molecule has 0 saturated heterocycles. The third kappa shape index (κ3) is 5.59. The maximum absolute atomic E-state index is 12.5. The number of hydrogen-bond donors (Lipinski definition) is 2. The second-order valence-corrected chi connectivity index (χ2v) is 7.60. The number of rotatable bonds is 10. The predicted molar refractivity (Wildman–Crippen MR) is 83.5 cm³/mol. The monoisotopic (exact) mass is 385 g/mol. The lowest BCUT2D eigenvalue weighted by Crippen LogP contribution is -2.26. The molecule has 1 atom stereocenters. The second-order valence-electron chi connectivity index (χ2n) is 3.82. The lowest BCUT2D eigenvalue weighted by Gasteiger charge is -2.19. The molecule has 0 aromatic carbocycles. The Balaban J connectivity index is 2.67. The summed E-state index contributed by atoms with van der Waals surface area (Å²) in [5.41, 5.74) is -0.00228. The van der Waals surface area contributed by atoms with Gasteiger partial charge < -0.3 is 4.52 Å². The van der Waals surface area contributed by atoms with Gasteiger partial charge in [-0.3, -0.25) is 14.7 Å². The Morgan fingerprint density at radius 2 is 2.20 bits per heavy atom. The van der Waals surface area contributed by atoms with Gasteiger partial charge in [0.15, 0.2) is 0 Å². The van der Waals surface area contributed by atoms with Gasteiger partial charge in [0.2, 0.25) is 0 Å². The Kier molecular flexibility index (Phi) is 7.86. The molecule has 0 amide bonds. The first-order valence-corrected chi connectivity index (χ1v) is 9.66. The minimum absolute atomic E-state index is 0.00228. The van der Waals surface area contributed by atoms with Crippen molar-refractivity contribution in [1.82, 2.24) is 10.2 Å². The smallest absolute Gasteiger partial charge is 0.300 e. The standard InChI is InChI=1S/C10H17BrN3O4PS/c1-2-5-12-19(17,13-6-4-11)18-8-10-9(14(15)16)3-7-20-10/h3,7H,2,4-6,8H2,1H3,(H2,12,13,17). The summed E-state index contributed by atoms with van der Waals surface area (Å²) in [4.78, 5) is 10.8. The van der Waals surface area contributed by atoms with Crippen LogP contribution in [-0.2, 0) is 15.7 Å². The molecule has 1 heterocycles. The minimum atomic E-state index is -3.19. The molecule has 1 aromatic heterocycles. The highest BCUT2D eigenvalue weighted by Gasteiger charge is 2.24. The third-order valence-electron chi connectivity index (χ3n) is 2.28. The van der Waals surface area contributed by atoms with E-state index in [2.05, 4.69) is 26.1 Å². The summed E-state index contributed by atoms with van der Waals surface area (Å²) in [6.07, 6.45) is 0.808. The summed E-state index contributed by atoms with van der Waals surface area (Å²) in [5.74, 6) is 0. The van der Waals surface area contributed by atoms with E-state index in [0.29, 0.717) is 23.3 Å². The molecule has 0 fully saturated rings. The topological polar surface area (TPSA) is 93.5 Å². The highest BCUT2D eigenvalue weighted by molar-refractivity contribution is 9.09. The van der Waals surface area contributed by atoms with Crippen molar-refractivity contribution >= 4 is 40.6 Å². The zero-order valence-corrected chi connectivity index (χ0v) is 14.3. The lowest BCUT2D eigenvalue weighted by atomic mass is 10.4. The van der Waals surface area contributed by atoms with E-state index in [0.717, 1.165) is 6.42 Å². The molecule has 7 nitrogen and oxygen atoms in total. The summed E-state index contributed by atoms with van der Waals surface area (Å²) in [5, 5.41) is 18.7. The molecular weight excluding hydrogens is 369 g/mol. The summed E-state index contributed by atoms with van der Waals surface area (Å²) in [6.45, 7) is 2.91. The van der Waals surface area contributed by atoms with Gasteiger partial charge in [-0.1, -0.05) is 22.9 Å². The molecule has 0 bridgehead atoms. The molecule has 0 spiro atoms. The van der Waals surface area contributed by atoms with E-state index < -0.39 is 12.6 Å². The number of alkyl halides is 1. The molecule has 1 unspecified atom stereocenters. The van der Waals surface area contributed by atoms with Crippen molar-refractivity contribution in [3.63, 3.8) is 0 Å². The maximum atomic E-state index is 12.5. The van der Waals surface area contributed by atoms with Crippen molar-refractivity contribution in [3.05, 3.63) is 26.4 Å². The summed E-state index contributed by atoms with van der Waals surface area (Å²) in [7, 11) is -3.19. The molecule has 10 heteroatoms. The summed E-state index contributed by atoms with van der Waals surface area (Å²) in [6, 6.07) is 1.42. The van der Waals surface area contributed by atoms with Crippen LogP contribution in [0.5, 0.6) is 0 Å². The number of hydrogen-bond acceptors (Lipinski definition) is 5. The highest BCUT2D eigenvalue weighted by Crippen LogP contribution is 2.40. The van der Waals surface area contributed by atoms with Gasteiger partial charge in [-0.25, -0.2) is 10.2 Å². The van der Waals surface area contributed by atoms with E-state index in [4.69, 9.17) is 4.52 Å². The quantitative estimate of drug-likeness (QED) is 0.278. The molecule has 20 heavy (non-hydrogen) atoms. The Hall–Kier alpha value is -0.310. The molecule has 0 aliphatic rings. The maximum Gasteiger partial charge on any atom is 0.341 e. The fourth-order valence-electron chi connectivity index (χ4n) is 1.35. The first-order valence-electron chi connectivity index (χ1n) is 6.04. The van der Waals surface area contributed by atoms with Gasteiger partial charge in [0.1, 0.15) is 4.88 Å². The molecule has 1 aromatic rings. The van der Waals surface area contributed by atoms with Crippen molar-refractivity contribution in [1.29, 1.82) is 0 Å². The number of halogens is 1. The van der Waals surface area contributed by atoms with Crippen molar-refractivity contribution < 1.29 is 14.0 Å². The third-order valence-corrected chi connectivity index (χ3v) is 5.33. The van der Waals surface area contributed by atoms with Crippen LogP contribution in [0, 0.1) is 10.1 Å². The first kappa shape index (κ1) is 17.7. The zero-order valence-electron chi connectivity index (χ0n) is 11.0. The van der Waals surface area contributed by atoms with Crippen LogP contribution < -0.4 is 10.2 Å². The Morgan fingerprint density at radius 3 is 2.80 bits per heavy atom. The van der Waals surface area contributed by atoms with Crippen molar-refractivity contribution in [2.45, 2.75) is 20.0 Å². The predicted octanol–water partition coefficient (Wildman–Crippen LogP) is 3.27. The molecule has 0 radical (unpaired) electrons. The van der Waals surface area contributed by atoms with Crippen LogP contribution >= 0.6 is 34.9 Å². The van der Waals surface area contributed by atoms with E-state index in [-0.39, 0.29) is 12.3 Å². The van der Waals surface area contributed by atoms with Gasteiger partial charge in [-0.05, 0) is 11.8 Å². The van der Waals surface area contributed by atoms with Crippen molar-refractivity contribution in [3.8, 4) is 0 Å². The summed E-state index contributed by atoms with van der Waals surface area (Å²) < 4.78 is 17.9. The lowest BCUT2D eigenvalue weighted by molar-refractivity contribution is -0.385. The van der Waals surface area contributed by atoms with Gasteiger partial charge in [-0.15, -0.1) is 11.3 Å². The highest BCUT2D eigenvalue weighted by atomic mass is 79.9. The van der Waals surface area contributed by atoms with Crippen LogP contribution in [0.1, 0.15) is 18.2 Å². The Bertz CT molecular complexity index is 473. The van der Waals surface area contributed by atoms with E-state index in [9.17, 15) is 14.7 Å². The molecule has 0 saturated carbocycles. The van der Waals surface area contributed by atoms with Crippen LogP contribution in [0.4, 0.5) is 5.69 Å². The van der Waals surface area contributed by atoms with Crippen LogP contribution in [0.25, 0.3) is 0 Å². The van der Waals surface area contributed by atoms with E-state index in [1.165, 1.54) is 17.4 Å². The molecule has 2 N–H and O–H groups in total. The van der Waals surface area contributed by atoms with E-state index >= 15 is 0 Å². The van der Waals surface area contributed by atoms with Gasteiger partial charge in [0, 0.05) is 24.5 Å². The first-order chi connectivity index (χ1) is 9.52. The van der Waals surface area contributed by atoms with Crippen molar-refractivity contribution in [2.24, 2.45) is 0 Å². The summed E-state index contributed by atoms with van der Waals surface area (Å²) >= 11 is 4.45. The number of thiophene rings is 1. The Labute approximate surface area is 129 Å². The van der Waals surface area contributed by atoms with Crippen LogP contribution in [0.3, 0.4) is 0 Å². The minimum Gasteiger partial charge on any atom is -0.300 e. The largest absolute Gasteiger partial charge is 0.341 e. The van der Waals surface area contributed by atoms with Crippen molar-refractivity contribution in [2.75, 3.05) is 18.4 Å². The molecule has 0 aliphatic carbocycles. The number of nitrogens with one attached hydrogen (secondary N) is 2. The Morgan fingerprint density at radius 1 is 1.50 bits per heavy atom. The zero-order chi connectivity index (χ0) is 15.0. The molecular formula is C10H17BrN3O4PS. The van der Waals surface area contributed by atoms with Gasteiger partial charge in [-0.2, -0.15) is 0 Å². The van der Waals surface area contributed by atoms with E-state index in [1.54, 1.807) is 5.38 Å². The molecule has 1 rings (SSSR count). The number of nitrogens with zero attached hydrogens (tertiary/aromatic N) is 1. The fraction of sp³-hybridized carbons (Fsp3) is 0.600. The molecule has 0 aliphatic heterocycles. The second kappa shape index (κ2) is 8.86. The van der Waals surface area contributed by atoms with Gasteiger partial charge in [0.25, 0.3) is 5.69 Å². The molecule has 114 valence electrons. The van der Waals surface area contributed by atoms with Gasteiger partial charge >= 0.3 is 7.67 Å². The SMILES string of the molecule is CCCNP(=O)(NCCBr)OCc1sccc1[N+](=O)[O-]. The van der Waals surface area contributed by atoms with Crippen LogP contribution in [0.2, 0.25) is 0 Å². The fourth-order valence-corrected chi connectivity index (χ4v) is 4.22. The van der Waals surface area contributed by atoms with Gasteiger partial charge in [0.05, 0.1) is 11.5 Å². The van der Waals surface area contributed by atoms with Crippen LogP contribution in [0.15, 0.2) is 11.4 Å².